The molecule has 4 rings (SSSR count). The van der Waals surface area contributed by atoms with E-state index in [1.807, 2.05) is 24.3 Å². The molecule has 146 valence electrons. The minimum Gasteiger partial charge on any atom is -0.502 e. The third kappa shape index (κ3) is 2.84. The summed E-state index contributed by atoms with van der Waals surface area (Å²) in [4.78, 5) is 15.8. The average Bonchev–Trinajstić information content (AvgIpc) is 3.11. The second-order valence-corrected chi connectivity index (χ2v) is 6.72. The first kappa shape index (κ1) is 18.2. The van der Waals surface area contributed by atoms with Gasteiger partial charge in [0, 0.05) is 23.0 Å². The van der Waals surface area contributed by atoms with Gasteiger partial charge in [0.15, 0.2) is 11.5 Å². The molecular weight excluding hydrogens is 360 g/mol. The number of carbonyl (C=O) groups is 1. The molecule has 28 heavy (non-hydrogen) atoms. The van der Waals surface area contributed by atoms with Crippen LogP contribution in [0.4, 0.5) is 0 Å². The average molecular weight is 382 g/mol. The number of para-hydroxylation sites is 1. The maximum atomic E-state index is 12.3. The van der Waals surface area contributed by atoms with Gasteiger partial charge in [-0.05, 0) is 29.3 Å². The predicted octanol–water partition coefficient (Wildman–Crippen LogP) is 2.67. The first-order valence-electron chi connectivity index (χ1n) is 8.95. The predicted molar refractivity (Wildman–Crippen MR) is 104 cm³/mol. The number of ether oxygens (including phenoxy) is 3. The first-order valence-corrected chi connectivity index (χ1v) is 8.95. The van der Waals surface area contributed by atoms with E-state index in [0.29, 0.717) is 17.9 Å². The number of aromatic hydroxyl groups is 1. The summed E-state index contributed by atoms with van der Waals surface area (Å²) < 4.78 is 15.6. The zero-order chi connectivity index (χ0) is 19.8. The van der Waals surface area contributed by atoms with Crippen LogP contribution in [0.25, 0.3) is 10.9 Å². The first-order chi connectivity index (χ1) is 13.6. The fraction of sp³-hybridized carbons (Fsp3) is 0.286. The Hall–Kier alpha value is -3.19. The number of phenolic OH excluding ortho intramolecular Hbond substituents is 1. The van der Waals surface area contributed by atoms with Crippen LogP contribution >= 0.6 is 0 Å². The van der Waals surface area contributed by atoms with Crippen LogP contribution in [0.1, 0.15) is 22.9 Å². The fourth-order valence-electron chi connectivity index (χ4n) is 3.87. The van der Waals surface area contributed by atoms with Crippen molar-refractivity contribution in [1.82, 2.24) is 10.3 Å². The quantitative estimate of drug-likeness (QED) is 0.601. The maximum Gasteiger partial charge on any atom is 0.323 e. The van der Waals surface area contributed by atoms with Crippen LogP contribution in [0.15, 0.2) is 36.4 Å². The molecule has 0 fully saturated rings. The number of carbonyl (C=O) groups excluding carboxylic acids is 1. The highest BCUT2D eigenvalue weighted by Gasteiger charge is 2.35. The van der Waals surface area contributed by atoms with Gasteiger partial charge in [0.05, 0.1) is 27.4 Å². The van der Waals surface area contributed by atoms with Crippen molar-refractivity contribution in [2.45, 2.75) is 18.5 Å². The molecule has 0 amide bonds. The monoisotopic (exact) mass is 382 g/mol. The molecule has 1 aliphatic rings. The van der Waals surface area contributed by atoms with Gasteiger partial charge in [0.1, 0.15) is 6.04 Å². The molecule has 0 aliphatic carbocycles. The lowest BCUT2D eigenvalue weighted by Crippen LogP contribution is -2.45. The number of nitrogens with one attached hydrogen (secondary N) is 2. The number of rotatable bonds is 4. The third-order valence-electron chi connectivity index (χ3n) is 5.23. The largest absolute Gasteiger partial charge is 0.502 e. The minimum absolute atomic E-state index is 0.0639. The van der Waals surface area contributed by atoms with Crippen molar-refractivity contribution in [3.63, 3.8) is 0 Å². The molecule has 0 saturated heterocycles. The van der Waals surface area contributed by atoms with Crippen LogP contribution in [-0.4, -0.2) is 43.4 Å². The van der Waals surface area contributed by atoms with Crippen molar-refractivity contribution in [3.05, 3.63) is 53.2 Å². The maximum absolute atomic E-state index is 12.3. The van der Waals surface area contributed by atoms with Crippen molar-refractivity contribution in [2.75, 3.05) is 21.3 Å². The zero-order valence-electron chi connectivity index (χ0n) is 15.9. The topological polar surface area (TPSA) is 92.8 Å². The molecule has 0 unspecified atom stereocenters. The minimum atomic E-state index is -0.493. The normalized spacial score (nSPS) is 18.5. The summed E-state index contributed by atoms with van der Waals surface area (Å²) in [6, 6.07) is 10.7. The molecule has 2 heterocycles. The summed E-state index contributed by atoms with van der Waals surface area (Å²) in [6.45, 7) is 0. The molecule has 3 N–H and O–H groups in total. The molecule has 0 saturated carbocycles. The van der Waals surface area contributed by atoms with Gasteiger partial charge in [0.2, 0.25) is 5.75 Å². The molecule has 2 atom stereocenters. The Kier molecular flexibility index (Phi) is 4.60. The molecule has 7 nitrogen and oxygen atoms in total. The van der Waals surface area contributed by atoms with Gasteiger partial charge in [0.25, 0.3) is 0 Å². The lowest BCUT2D eigenvalue weighted by molar-refractivity contribution is -0.143. The SMILES string of the molecule is COC(=O)[C@H]1Cc2c([nH]c3ccccc23)[C@@H](c2cc(OC)c(O)c(OC)c2)N1. The van der Waals surface area contributed by atoms with E-state index in [1.54, 1.807) is 12.1 Å². The Labute approximate surface area is 162 Å². The highest BCUT2D eigenvalue weighted by molar-refractivity contribution is 5.87. The van der Waals surface area contributed by atoms with Gasteiger partial charge < -0.3 is 24.3 Å². The molecule has 1 aromatic heterocycles. The molecular formula is C21H22N2O5. The number of aromatic amines is 1. The Balaban J connectivity index is 1.90. The summed E-state index contributed by atoms with van der Waals surface area (Å²) >= 11 is 0. The number of hydrogen-bond acceptors (Lipinski definition) is 6. The van der Waals surface area contributed by atoms with Gasteiger partial charge in [-0.2, -0.15) is 0 Å². The van der Waals surface area contributed by atoms with Crippen LogP contribution in [0, 0.1) is 0 Å². The molecule has 1 aliphatic heterocycles. The fourth-order valence-corrected chi connectivity index (χ4v) is 3.87. The number of phenols is 1. The third-order valence-corrected chi connectivity index (χ3v) is 5.23. The van der Waals surface area contributed by atoms with Crippen LogP contribution in [0.3, 0.4) is 0 Å². The zero-order valence-corrected chi connectivity index (χ0v) is 15.9. The summed E-state index contributed by atoms with van der Waals surface area (Å²) in [6.07, 6.45) is 0.523. The molecule has 3 aromatic rings. The number of aromatic nitrogens is 1. The Morgan fingerprint density at radius 3 is 2.43 bits per heavy atom. The Morgan fingerprint density at radius 1 is 1.11 bits per heavy atom. The van der Waals surface area contributed by atoms with E-state index in [4.69, 9.17) is 14.2 Å². The Morgan fingerprint density at radius 2 is 1.79 bits per heavy atom. The number of fused-ring (bicyclic) bond motifs is 3. The van der Waals surface area contributed by atoms with Gasteiger partial charge in [-0.15, -0.1) is 0 Å². The summed E-state index contributed by atoms with van der Waals surface area (Å²) in [5.41, 5.74) is 3.84. The molecule has 0 radical (unpaired) electrons. The van der Waals surface area contributed by atoms with E-state index < -0.39 is 6.04 Å². The van der Waals surface area contributed by atoms with Crippen LogP contribution in [0.2, 0.25) is 0 Å². The van der Waals surface area contributed by atoms with Crippen molar-refractivity contribution in [1.29, 1.82) is 0 Å². The van der Waals surface area contributed by atoms with E-state index in [-0.39, 0.29) is 17.8 Å². The molecule has 0 spiro atoms. The van der Waals surface area contributed by atoms with E-state index in [0.717, 1.165) is 27.7 Å². The number of methoxy groups -OCH3 is 3. The van der Waals surface area contributed by atoms with Crippen LogP contribution in [0.5, 0.6) is 17.2 Å². The van der Waals surface area contributed by atoms with Crippen molar-refractivity contribution in [3.8, 4) is 17.2 Å². The molecule has 7 heteroatoms. The number of esters is 1. The number of hydrogen-bond donors (Lipinski definition) is 3. The van der Waals surface area contributed by atoms with Gasteiger partial charge in [-0.1, -0.05) is 18.2 Å². The Bertz CT molecular complexity index is 1020. The highest BCUT2D eigenvalue weighted by atomic mass is 16.5. The number of benzene rings is 2. The molecule has 2 aromatic carbocycles. The lowest BCUT2D eigenvalue weighted by atomic mass is 9.90. The number of H-pyrrole nitrogens is 1. The van der Waals surface area contributed by atoms with Crippen molar-refractivity contribution in [2.24, 2.45) is 0 Å². The molecule has 0 bridgehead atoms. The van der Waals surface area contributed by atoms with E-state index in [9.17, 15) is 9.90 Å². The smallest absolute Gasteiger partial charge is 0.323 e. The van der Waals surface area contributed by atoms with Crippen LogP contribution < -0.4 is 14.8 Å². The van der Waals surface area contributed by atoms with E-state index in [2.05, 4.69) is 10.3 Å². The van der Waals surface area contributed by atoms with E-state index in [1.165, 1.54) is 21.3 Å². The van der Waals surface area contributed by atoms with Gasteiger partial charge >= 0.3 is 5.97 Å². The summed E-state index contributed by atoms with van der Waals surface area (Å²) in [5, 5.41) is 14.7. The second-order valence-electron chi connectivity index (χ2n) is 6.72. The standard InChI is InChI=1S/C21H22N2O5/c1-26-16-8-11(9-17(27-2)20(16)24)18-19-13(10-15(23-18)21(25)28-3)12-6-4-5-7-14(12)22-19/h4-9,15,18,22-24H,10H2,1-3H3/t15-,18-/m1/s1. The lowest BCUT2D eigenvalue weighted by Gasteiger charge is -2.30. The van der Waals surface area contributed by atoms with Gasteiger partial charge in [-0.3, -0.25) is 10.1 Å². The van der Waals surface area contributed by atoms with Crippen LogP contribution in [-0.2, 0) is 16.0 Å². The highest BCUT2D eigenvalue weighted by Crippen LogP contribution is 2.42. The van der Waals surface area contributed by atoms with Crippen molar-refractivity contribution >= 4 is 16.9 Å². The van der Waals surface area contributed by atoms with E-state index >= 15 is 0 Å². The van der Waals surface area contributed by atoms with Gasteiger partial charge in [-0.25, -0.2) is 0 Å². The summed E-state index contributed by atoms with van der Waals surface area (Å²) in [5.74, 6) is 0.215. The van der Waals surface area contributed by atoms with Crippen molar-refractivity contribution < 1.29 is 24.1 Å². The second kappa shape index (κ2) is 7.09. The summed E-state index contributed by atoms with van der Waals surface area (Å²) in [7, 11) is 4.35.